The SMILES string of the molecule is COc1c(N)cccc1-c1cnn([C@@H]2CCC[C@@]23CCCO3)c1. The van der Waals surface area contributed by atoms with Crippen LogP contribution in [0.2, 0.25) is 0 Å². The van der Waals surface area contributed by atoms with Gasteiger partial charge in [-0.3, -0.25) is 4.68 Å². The Morgan fingerprint density at radius 1 is 1.35 bits per heavy atom. The maximum atomic E-state index is 6.14. The van der Waals surface area contributed by atoms with E-state index in [1.807, 2.05) is 24.4 Å². The Hall–Kier alpha value is -2.01. The highest BCUT2D eigenvalue weighted by molar-refractivity contribution is 5.76. The third-order valence-electron chi connectivity index (χ3n) is 5.30. The minimum absolute atomic E-state index is 0.00307. The molecule has 1 aliphatic heterocycles. The second kappa shape index (κ2) is 5.57. The van der Waals surface area contributed by atoms with Crippen LogP contribution >= 0.6 is 0 Å². The van der Waals surface area contributed by atoms with Gasteiger partial charge in [0.05, 0.1) is 30.6 Å². The Labute approximate surface area is 136 Å². The van der Waals surface area contributed by atoms with Crippen molar-refractivity contribution in [3.8, 4) is 16.9 Å². The maximum Gasteiger partial charge on any atom is 0.149 e. The summed E-state index contributed by atoms with van der Waals surface area (Å²) in [7, 11) is 1.65. The lowest BCUT2D eigenvalue weighted by molar-refractivity contribution is -0.0247. The van der Waals surface area contributed by atoms with Gasteiger partial charge in [0.2, 0.25) is 0 Å². The average Bonchev–Trinajstić information content (AvgIpc) is 3.29. The summed E-state index contributed by atoms with van der Waals surface area (Å²) in [6.07, 6.45) is 9.81. The van der Waals surface area contributed by atoms with E-state index in [-0.39, 0.29) is 5.60 Å². The van der Waals surface area contributed by atoms with Gasteiger partial charge in [-0.05, 0) is 38.2 Å². The second-order valence-electron chi connectivity index (χ2n) is 6.56. The molecular weight excluding hydrogens is 290 g/mol. The molecule has 1 spiro atoms. The minimum atomic E-state index is 0.00307. The molecule has 0 amide bonds. The van der Waals surface area contributed by atoms with Crippen LogP contribution in [0.1, 0.15) is 38.1 Å². The third kappa shape index (κ3) is 2.30. The van der Waals surface area contributed by atoms with E-state index in [1.54, 1.807) is 7.11 Å². The van der Waals surface area contributed by atoms with Crippen LogP contribution in [0.5, 0.6) is 5.75 Å². The molecule has 1 aromatic heterocycles. The summed E-state index contributed by atoms with van der Waals surface area (Å²) in [5.74, 6) is 0.713. The largest absolute Gasteiger partial charge is 0.494 e. The van der Waals surface area contributed by atoms with Crippen molar-refractivity contribution in [2.24, 2.45) is 0 Å². The lowest BCUT2D eigenvalue weighted by atomic mass is 9.94. The predicted molar refractivity (Wildman–Crippen MR) is 89.4 cm³/mol. The van der Waals surface area contributed by atoms with E-state index in [2.05, 4.69) is 16.0 Å². The fourth-order valence-corrected chi connectivity index (χ4v) is 4.23. The Morgan fingerprint density at radius 3 is 3.00 bits per heavy atom. The first-order valence-electron chi connectivity index (χ1n) is 8.34. The van der Waals surface area contributed by atoms with Crippen LogP contribution in [0.15, 0.2) is 30.6 Å². The zero-order chi connectivity index (χ0) is 15.9. The van der Waals surface area contributed by atoms with Gasteiger partial charge in [0.15, 0.2) is 0 Å². The third-order valence-corrected chi connectivity index (χ3v) is 5.30. The van der Waals surface area contributed by atoms with E-state index in [1.165, 1.54) is 6.42 Å². The normalized spacial score (nSPS) is 26.9. The van der Waals surface area contributed by atoms with Gasteiger partial charge in [0, 0.05) is 23.9 Å². The van der Waals surface area contributed by atoms with E-state index in [0.717, 1.165) is 43.4 Å². The fraction of sp³-hybridized carbons (Fsp3) is 0.500. The second-order valence-corrected chi connectivity index (χ2v) is 6.56. The van der Waals surface area contributed by atoms with Gasteiger partial charge in [-0.2, -0.15) is 5.10 Å². The highest BCUT2D eigenvalue weighted by atomic mass is 16.5. The molecule has 2 aromatic rings. The van der Waals surface area contributed by atoms with Crippen molar-refractivity contribution in [1.82, 2.24) is 9.78 Å². The van der Waals surface area contributed by atoms with Gasteiger partial charge in [-0.15, -0.1) is 0 Å². The Kier molecular flexibility index (Phi) is 3.53. The summed E-state index contributed by atoms with van der Waals surface area (Å²) in [5.41, 5.74) is 8.69. The first-order valence-corrected chi connectivity index (χ1v) is 8.34. The minimum Gasteiger partial charge on any atom is -0.494 e. The number of anilines is 1. The molecule has 4 rings (SSSR count). The van der Waals surface area contributed by atoms with Crippen LogP contribution < -0.4 is 10.5 Å². The predicted octanol–water partition coefficient (Wildman–Crippen LogP) is 3.42. The van der Waals surface area contributed by atoms with Gasteiger partial charge in [0.1, 0.15) is 5.75 Å². The number of hydrogen-bond donors (Lipinski definition) is 1. The van der Waals surface area contributed by atoms with Crippen LogP contribution in [-0.4, -0.2) is 29.1 Å². The first-order chi connectivity index (χ1) is 11.2. The molecule has 2 fully saturated rings. The quantitative estimate of drug-likeness (QED) is 0.882. The molecule has 2 aliphatic rings. The van der Waals surface area contributed by atoms with E-state index in [4.69, 9.17) is 15.2 Å². The Balaban J connectivity index is 1.69. The van der Waals surface area contributed by atoms with Crippen LogP contribution in [0.3, 0.4) is 0 Å². The summed E-state index contributed by atoms with van der Waals surface area (Å²) in [5, 5.41) is 4.64. The van der Waals surface area contributed by atoms with Gasteiger partial charge in [-0.1, -0.05) is 12.1 Å². The van der Waals surface area contributed by atoms with Crippen molar-refractivity contribution in [2.75, 3.05) is 19.5 Å². The molecule has 2 heterocycles. The highest BCUT2D eigenvalue weighted by Gasteiger charge is 2.47. The molecular formula is C18H23N3O2. The average molecular weight is 313 g/mol. The molecule has 1 aromatic carbocycles. The van der Waals surface area contributed by atoms with Crippen LogP contribution in [-0.2, 0) is 4.74 Å². The van der Waals surface area contributed by atoms with Crippen molar-refractivity contribution in [1.29, 1.82) is 0 Å². The molecule has 1 saturated heterocycles. The standard InChI is InChI=1S/C18H23N3O2/c1-22-17-14(5-2-6-15(17)19)13-11-20-21(12-13)16-7-3-8-18(16)9-4-10-23-18/h2,5-6,11-12,16H,3-4,7-10,19H2,1H3/t16-,18-/m1/s1. The number of methoxy groups -OCH3 is 1. The van der Waals surface area contributed by atoms with Crippen molar-refractivity contribution in [3.05, 3.63) is 30.6 Å². The Morgan fingerprint density at radius 2 is 2.22 bits per heavy atom. The van der Waals surface area contributed by atoms with E-state index in [9.17, 15) is 0 Å². The molecule has 2 atom stereocenters. The zero-order valence-electron chi connectivity index (χ0n) is 13.5. The molecule has 2 N–H and O–H groups in total. The van der Waals surface area contributed by atoms with Gasteiger partial charge in [0.25, 0.3) is 0 Å². The lowest BCUT2D eigenvalue weighted by Crippen LogP contribution is -2.34. The summed E-state index contributed by atoms with van der Waals surface area (Å²) < 4.78 is 13.7. The first kappa shape index (κ1) is 14.6. The molecule has 0 unspecified atom stereocenters. The van der Waals surface area contributed by atoms with Crippen molar-refractivity contribution in [2.45, 2.75) is 43.7 Å². The topological polar surface area (TPSA) is 62.3 Å². The number of aromatic nitrogens is 2. The number of nitrogen functional groups attached to an aromatic ring is 1. The smallest absolute Gasteiger partial charge is 0.149 e. The highest BCUT2D eigenvalue weighted by Crippen LogP contribution is 2.48. The molecule has 122 valence electrons. The lowest BCUT2D eigenvalue weighted by Gasteiger charge is -2.30. The van der Waals surface area contributed by atoms with Gasteiger partial charge < -0.3 is 15.2 Å². The van der Waals surface area contributed by atoms with Gasteiger partial charge in [-0.25, -0.2) is 0 Å². The van der Waals surface area contributed by atoms with E-state index < -0.39 is 0 Å². The summed E-state index contributed by atoms with van der Waals surface area (Å²) >= 11 is 0. The maximum absolute atomic E-state index is 6.14. The summed E-state index contributed by atoms with van der Waals surface area (Å²) in [6, 6.07) is 6.16. The molecule has 23 heavy (non-hydrogen) atoms. The number of nitrogens with zero attached hydrogens (tertiary/aromatic N) is 2. The molecule has 0 bridgehead atoms. The summed E-state index contributed by atoms with van der Waals surface area (Å²) in [6.45, 7) is 0.883. The monoisotopic (exact) mass is 313 g/mol. The van der Waals surface area contributed by atoms with E-state index in [0.29, 0.717) is 17.5 Å². The number of para-hydroxylation sites is 1. The number of nitrogens with two attached hydrogens (primary N) is 1. The van der Waals surface area contributed by atoms with Crippen LogP contribution in [0, 0.1) is 0 Å². The molecule has 1 aliphatic carbocycles. The summed E-state index contributed by atoms with van der Waals surface area (Å²) in [4.78, 5) is 0. The number of hydrogen-bond acceptors (Lipinski definition) is 4. The number of rotatable bonds is 3. The van der Waals surface area contributed by atoms with Gasteiger partial charge >= 0.3 is 0 Å². The Bertz CT molecular complexity index is 699. The molecule has 0 radical (unpaired) electrons. The van der Waals surface area contributed by atoms with E-state index >= 15 is 0 Å². The van der Waals surface area contributed by atoms with Crippen molar-refractivity contribution in [3.63, 3.8) is 0 Å². The molecule has 5 heteroatoms. The number of ether oxygens (including phenoxy) is 2. The fourth-order valence-electron chi connectivity index (χ4n) is 4.23. The zero-order valence-corrected chi connectivity index (χ0v) is 13.5. The number of benzene rings is 1. The molecule has 5 nitrogen and oxygen atoms in total. The molecule has 1 saturated carbocycles. The van der Waals surface area contributed by atoms with Crippen LogP contribution in [0.25, 0.3) is 11.1 Å². The van der Waals surface area contributed by atoms with Crippen LogP contribution in [0.4, 0.5) is 5.69 Å². The van der Waals surface area contributed by atoms with Crippen molar-refractivity contribution >= 4 is 5.69 Å². The van der Waals surface area contributed by atoms with Crippen molar-refractivity contribution < 1.29 is 9.47 Å².